The normalized spacial score (nSPS) is 19.1. The van der Waals surface area contributed by atoms with E-state index in [2.05, 4.69) is 6.58 Å². The smallest absolute Gasteiger partial charge is 0.158 e. The molecule has 0 aliphatic carbocycles. The van der Waals surface area contributed by atoms with Crippen LogP contribution in [0.5, 0.6) is 0 Å². The standard InChI is InChI=1S/C8H14O4S/c1-2-6-13(9,10)7-3-8-11-4-5-12-8/h2,8H,1,3-7H2. The van der Waals surface area contributed by atoms with Gasteiger partial charge in [0.05, 0.1) is 24.7 Å². The van der Waals surface area contributed by atoms with E-state index in [4.69, 9.17) is 9.47 Å². The second-order valence-electron chi connectivity index (χ2n) is 2.86. The van der Waals surface area contributed by atoms with E-state index in [9.17, 15) is 8.42 Å². The molecule has 0 bridgehead atoms. The van der Waals surface area contributed by atoms with Crippen LogP contribution in [-0.4, -0.2) is 39.4 Å². The highest BCUT2D eigenvalue weighted by atomic mass is 32.2. The van der Waals surface area contributed by atoms with Crippen LogP contribution in [0.2, 0.25) is 0 Å². The lowest BCUT2D eigenvalue weighted by molar-refractivity contribution is -0.0424. The largest absolute Gasteiger partial charge is 0.350 e. The van der Waals surface area contributed by atoms with Crippen molar-refractivity contribution in [2.45, 2.75) is 12.7 Å². The Bertz CT molecular complexity index is 251. The van der Waals surface area contributed by atoms with Crippen LogP contribution in [-0.2, 0) is 19.3 Å². The van der Waals surface area contributed by atoms with Gasteiger partial charge >= 0.3 is 0 Å². The molecule has 0 atom stereocenters. The highest BCUT2D eigenvalue weighted by Crippen LogP contribution is 2.09. The number of sulfone groups is 1. The first-order chi connectivity index (χ1) is 6.14. The van der Waals surface area contributed by atoms with Gasteiger partial charge in [0.2, 0.25) is 0 Å². The molecule has 0 aromatic rings. The van der Waals surface area contributed by atoms with Crippen LogP contribution in [0.3, 0.4) is 0 Å². The lowest BCUT2D eigenvalue weighted by atomic mass is 10.5. The van der Waals surface area contributed by atoms with E-state index in [1.54, 1.807) is 0 Å². The van der Waals surface area contributed by atoms with Gasteiger partial charge in [-0.3, -0.25) is 0 Å². The van der Waals surface area contributed by atoms with Crippen molar-refractivity contribution >= 4 is 9.84 Å². The molecule has 1 saturated heterocycles. The van der Waals surface area contributed by atoms with Crippen LogP contribution in [0.1, 0.15) is 6.42 Å². The summed E-state index contributed by atoms with van der Waals surface area (Å²) in [5.41, 5.74) is 0. The second-order valence-corrected chi connectivity index (χ2v) is 5.09. The van der Waals surface area contributed by atoms with Gasteiger partial charge in [0.15, 0.2) is 16.1 Å². The first kappa shape index (κ1) is 10.7. The third kappa shape index (κ3) is 3.89. The SMILES string of the molecule is C=CCS(=O)(=O)CCC1OCCO1. The molecule has 1 fully saturated rings. The average Bonchev–Trinajstić information content (AvgIpc) is 2.52. The van der Waals surface area contributed by atoms with Crippen LogP contribution in [0.15, 0.2) is 12.7 Å². The Labute approximate surface area is 78.5 Å². The van der Waals surface area contributed by atoms with Crippen LogP contribution >= 0.6 is 0 Å². The van der Waals surface area contributed by atoms with Crippen molar-refractivity contribution in [2.75, 3.05) is 24.7 Å². The zero-order valence-corrected chi connectivity index (χ0v) is 8.26. The highest BCUT2D eigenvalue weighted by Gasteiger charge is 2.19. The number of hydrogen-bond donors (Lipinski definition) is 0. The molecule has 0 N–H and O–H groups in total. The van der Waals surface area contributed by atoms with Crippen molar-refractivity contribution in [1.82, 2.24) is 0 Å². The number of rotatable bonds is 5. The molecule has 76 valence electrons. The molecule has 13 heavy (non-hydrogen) atoms. The quantitative estimate of drug-likeness (QED) is 0.609. The van der Waals surface area contributed by atoms with E-state index in [0.29, 0.717) is 19.6 Å². The molecule has 0 spiro atoms. The minimum atomic E-state index is -3.00. The van der Waals surface area contributed by atoms with E-state index in [1.165, 1.54) is 6.08 Å². The Morgan fingerprint density at radius 1 is 1.38 bits per heavy atom. The van der Waals surface area contributed by atoms with Crippen LogP contribution in [0.4, 0.5) is 0 Å². The van der Waals surface area contributed by atoms with Gasteiger partial charge in [-0.1, -0.05) is 6.08 Å². The molecular weight excluding hydrogens is 192 g/mol. The Hall–Kier alpha value is -0.390. The van der Waals surface area contributed by atoms with E-state index in [0.717, 1.165) is 0 Å². The van der Waals surface area contributed by atoms with Gasteiger partial charge in [0.1, 0.15) is 0 Å². The molecule has 0 radical (unpaired) electrons. The zero-order chi connectivity index (χ0) is 9.73. The summed E-state index contributed by atoms with van der Waals surface area (Å²) in [6.07, 6.45) is 1.47. The molecule has 4 nitrogen and oxygen atoms in total. The van der Waals surface area contributed by atoms with Crippen molar-refractivity contribution in [3.8, 4) is 0 Å². The zero-order valence-electron chi connectivity index (χ0n) is 7.44. The summed E-state index contributed by atoms with van der Waals surface area (Å²) in [5.74, 6) is 0.128. The molecule has 0 amide bonds. The Morgan fingerprint density at radius 2 is 2.00 bits per heavy atom. The predicted molar refractivity (Wildman–Crippen MR) is 49.2 cm³/mol. The summed E-state index contributed by atoms with van der Waals surface area (Å²) >= 11 is 0. The van der Waals surface area contributed by atoms with Gasteiger partial charge in [-0.05, 0) is 0 Å². The van der Waals surface area contributed by atoms with Crippen molar-refractivity contribution < 1.29 is 17.9 Å². The molecule has 1 rings (SSSR count). The number of ether oxygens (including phenoxy) is 2. The monoisotopic (exact) mass is 206 g/mol. The first-order valence-electron chi connectivity index (χ1n) is 4.18. The summed E-state index contributed by atoms with van der Waals surface area (Å²) in [6.45, 7) is 4.51. The molecule has 0 unspecified atom stereocenters. The van der Waals surface area contributed by atoms with Crippen molar-refractivity contribution in [3.63, 3.8) is 0 Å². The van der Waals surface area contributed by atoms with Gasteiger partial charge < -0.3 is 9.47 Å². The molecule has 5 heteroatoms. The van der Waals surface area contributed by atoms with E-state index >= 15 is 0 Å². The van der Waals surface area contributed by atoms with Crippen molar-refractivity contribution in [2.24, 2.45) is 0 Å². The lowest BCUT2D eigenvalue weighted by Crippen LogP contribution is -2.17. The van der Waals surface area contributed by atoms with E-state index in [-0.39, 0.29) is 17.8 Å². The fourth-order valence-corrected chi connectivity index (χ4v) is 2.19. The summed E-state index contributed by atoms with van der Waals surface area (Å²) < 4.78 is 32.6. The maximum absolute atomic E-state index is 11.2. The summed E-state index contributed by atoms with van der Waals surface area (Å²) in [7, 11) is -3.00. The Morgan fingerprint density at radius 3 is 2.54 bits per heavy atom. The van der Waals surface area contributed by atoms with Gasteiger partial charge in [-0.25, -0.2) is 8.42 Å². The fourth-order valence-electron chi connectivity index (χ4n) is 1.11. The van der Waals surface area contributed by atoms with Gasteiger partial charge in [0.25, 0.3) is 0 Å². The van der Waals surface area contributed by atoms with Gasteiger partial charge in [-0.15, -0.1) is 6.58 Å². The minimum Gasteiger partial charge on any atom is -0.350 e. The Kier molecular flexibility index (Phi) is 3.90. The maximum atomic E-state index is 11.2. The van der Waals surface area contributed by atoms with Crippen LogP contribution < -0.4 is 0 Å². The van der Waals surface area contributed by atoms with Crippen LogP contribution in [0, 0.1) is 0 Å². The van der Waals surface area contributed by atoms with Crippen molar-refractivity contribution in [3.05, 3.63) is 12.7 Å². The molecule has 0 aromatic heterocycles. The van der Waals surface area contributed by atoms with E-state index < -0.39 is 9.84 Å². The maximum Gasteiger partial charge on any atom is 0.158 e. The van der Waals surface area contributed by atoms with E-state index in [1.807, 2.05) is 0 Å². The summed E-state index contributed by atoms with van der Waals surface area (Å²) in [6, 6.07) is 0. The average molecular weight is 206 g/mol. The van der Waals surface area contributed by atoms with Crippen LogP contribution in [0.25, 0.3) is 0 Å². The lowest BCUT2D eigenvalue weighted by Gasteiger charge is -2.07. The topological polar surface area (TPSA) is 52.6 Å². The molecule has 1 aliphatic heterocycles. The number of hydrogen-bond acceptors (Lipinski definition) is 4. The summed E-state index contributed by atoms with van der Waals surface area (Å²) in [5, 5.41) is 0. The summed E-state index contributed by atoms with van der Waals surface area (Å²) in [4.78, 5) is 0. The van der Waals surface area contributed by atoms with Gasteiger partial charge in [-0.2, -0.15) is 0 Å². The minimum absolute atomic E-state index is 0.0275. The third-order valence-corrected chi connectivity index (χ3v) is 3.33. The molecular formula is C8H14O4S. The molecule has 0 aromatic carbocycles. The molecule has 0 saturated carbocycles. The highest BCUT2D eigenvalue weighted by molar-refractivity contribution is 7.91. The van der Waals surface area contributed by atoms with Gasteiger partial charge in [0, 0.05) is 6.42 Å². The molecule has 1 heterocycles. The second kappa shape index (κ2) is 4.74. The Balaban J connectivity index is 2.28. The predicted octanol–water partition coefficient (Wildman–Crippen LogP) is 0.350. The van der Waals surface area contributed by atoms with Crippen molar-refractivity contribution in [1.29, 1.82) is 0 Å². The fraction of sp³-hybridized carbons (Fsp3) is 0.750. The molecule has 1 aliphatic rings. The first-order valence-corrected chi connectivity index (χ1v) is 6.01. The third-order valence-electron chi connectivity index (χ3n) is 1.73.